The van der Waals surface area contributed by atoms with E-state index in [1.165, 1.54) is 26.4 Å². The van der Waals surface area contributed by atoms with Crippen molar-refractivity contribution < 1.29 is 0 Å². The zero-order valence-electron chi connectivity index (χ0n) is 10.1. The standard InChI is InChI=1S/C15H15NS/c1-3-14-16(4-2)15-12-8-6-5-7-11(12)9-10-13(15)17-14/h3,5-10H,4H2,1-2H3/b14-3-. The van der Waals surface area contributed by atoms with Gasteiger partial charge in [-0.3, -0.25) is 0 Å². The molecule has 2 aromatic carbocycles. The number of nitrogens with zero attached hydrogens (tertiary/aromatic N) is 1. The Labute approximate surface area is 106 Å². The maximum absolute atomic E-state index is 2.41. The van der Waals surface area contributed by atoms with Crippen LogP contribution in [0.1, 0.15) is 13.8 Å². The van der Waals surface area contributed by atoms with Crippen molar-refractivity contribution in [3.8, 4) is 0 Å². The van der Waals surface area contributed by atoms with Crippen LogP contribution in [-0.2, 0) is 0 Å². The summed E-state index contributed by atoms with van der Waals surface area (Å²) in [5.41, 5.74) is 1.38. The van der Waals surface area contributed by atoms with Crippen LogP contribution >= 0.6 is 11.8 Å². The lowest BCUT2D eigenvalue weighted by Crippen LogP contribution is -2.16. The van der Waals surface area contributed by atoms with Crippen LogP contribution in [0, 0.1) is 0 Å². The van der Waals surface area contributed by atoms with Gasteiger partial charge in [-0.25, -0.2) is 0 Å². The quantitative estimate of drug-likeness (QED) is 0.716. The predicted molar refractivity (Wildman–Crippen MR) is 76.6 cm³/mol. The van der Waals surface area contributed by atoms with E-state index in [-0.39, 0.29) is 0 Å². The first kappa shape index (κ1) is 10.7. The van der Waals surface area contributed by atoms with Crippen molar-refractivity contribution in [2.75, 3.05) is 11.4 Å². The lowest BCUT2D eigenvalue weighted by atomic mass is 10.1. The summed E-state index contributed by atoms with van der Waals surface area (Å²) in [6.45, 7) is 5.34. The van der Waals surface area contributed by atoms with Gasteiger partial charge in [0.15, 0.2) is 0 Å². The SMILES string of the molecule is C/C=C1\Sc2ccc3ccccc3c2N1CC. The van der Waals surface area contributed by atoms with E-state index in [9.17, 15) is 0 Å². The minimum atomic E-state index is 1.02. The van der Waals surface area contributed by atoms with Gasteiger partial charge < -0.3 is 4.90 Å². The molecule has 0 amide bonds. The third kappa shape index (κ3) is 1.55. The highest BCUT2D eigenvalue weighted by Crippen LogP contribution is 2.48. The van der Waals surface area contributed by atoms with Crippen molar-refractivity contribution >= 4 is 28.2 Å². The van der Waals surface area contributed by atoms with Gasteiger partial charge in [-0.05, 0) is 25.3 Å². The molecule has 0 spiro atoms. The van der Waals surface area contributed by atoms with Crippen LogP contribution in [0.3, 0.4) is 0 Å². The van der Waals surface area contributed by atoms with Gasteiger partial charge in [-0.15, -0.1) is 0 Å². The van der Waals surface area contributed by atoms with Gasteiger partial charge in [0.05, 0.1) is 10.7 Å². The fourth-order valence-electron chi connectivity index (χ4n) is 2.40. The van der Waals surface area contributed by atoms with E-state index >= 15 is 0 Å². The van der Waals surface area contributed by atoms with Crippen LogP contribution in [0.4, 0.5) is 5.69 Å². The molecular weight excluding hydrogens is 226 g/mol. The van der Waals surface area contributed by atoms with Crippen LogP contribution in [0.15, 0.2) is 52.4 Å². The van der Waals surface area contributed by atoms with E-state index in [1.807, 2.05) is 11.8 Å². The van der Waals surface area contributed by atoms with Gasteiger partial charge in [-0.1, -0.05) is 48.2 Å². The number of hydrogen-bond donors (Lipinski definition) is 0. The Kier molecular flexibility index (Phi) is 2.60. The van der Waals surface area contributed by atoms with Gasteiger partial charge in [0.1, 0.15) is 0 Å². The second kappa shape index (κ2) is 4.11. The smallest absolute Gasteiger partial charge is 0.0758 e. The monoisotopic (exact) mass is 241 g/mol. The number of fused-ring (bicyclic) bond motifs is 3. The minimum Gasteiger partial charge on any atom is -0.335 e. The molecular formula is C15H15NS. The van der Waals surface area contributed by atoms with Crippen LogP contribution in [0.25, 0.3) is 10.8 Å². The summed E-state index contributed by atoms with van der Waals surface area (Å²) in [6.07, 6.45) is 2.20. The van der Waals surface area contributed by atoms with E-state index in [4.69, 9.17) is 0 Å². The molecule has 2 heteroatoms. The number of allylic oxidation sites excluding steroid dienone is 1. The van der Waals surface area contributed by atoms with Gasteiger partial charge in [0.25, 0.3) is 0 Å². The largest absolute Gasteiger partial charge is 0.335 e. The van der Waals surface area contributed by atoms with Crippen molar-refractivity contribution in [1.82, 2.24) is 0 Å². The molecule has 0 fully saturated rings. The molecule has 1 heterocycles. The molecule has 0 saturated carbocycles. The molecule has 0 unspecified atom stereocenters. The molecule has 0 aromatic heterocycles. The molecule has 0 N–H and O–H groups in total. The van der Waals surface area contributed by atoms with E-state index in [2.05, 4.69) is 61.2 Å². The maximum Gasteiger partial charge on any atom is 0.0758 e. The normalized spacial score (nSPS) is 16.8. The van der Waals surface area contributed by atoms with Gasteiger partial charge >= 0.3 is 0 Å². The maximum atomic E-state index is 2.41. The summed E-state index contributed by atoms with van der Waals surface area (Å²) >= 11 is 1.87. The van der Waals surface area contributed by atoms with Crippen molar-refractivity contribution in [2.24, 2.45) is 0 Å². The molecule has 0 atom stereocenters. The van der Waals surface area contributed by atoms with Crippen molar-refractivity contribution in [1.29, 1.82) is 0 Å². The highest BCUT2D eigenvalue weighted by Gasteiger charge is 2.24. The van der Waals surface area contributed by atoms with Gasteiger partial charge in [0, 0.05) is 16.8 Å². The summed E-state index contributed by atoms with van der Waals surface area (Å²) in [4.78, 5) is 3.78. The fraction of sp³-hybridized carbons (Fsp3) is 0.200. The first-order chi connectivity index (χ1) is 8.35. The first-order valence-electron chi connectivity index (χ1n) is 5.98. The number of hydrogen-bond acceptors (Lipinski definition) is 2. The summed E-state index contributed by atoms with van der Waals surface area (Å²) in [7, 11) is 0. The third-order valence-corrected chi connectivity index (χ3v) is 4.39. The van der Waals surface area contributed by atoms with Crippen molar-refractivity contribution in [2.45, 2.75) is 18.7 Å². The summed E-state index contributed by atoms with van der Waals surface area (Å²) in [5.74, 6) is 0. The molecule has 1 aliphatic rings. The van der Waals surface area contributed by atoms with E-state index in [1.54, 1.807) is 0 Å². The van der Waals surface area contributed by atoms with Crippen molar-refractivity contribution in [3.63, 3.8) is 0 Å². The second-order valence-electron chi connectivity index (χ2n) is 4.11. The van der Waals surface area contributed by atoms with Crippen LogP contribution < -0.4 is 4.90 Å². The molecule has 1 aliphatic heterocycles. The number of benzene rings is 2. The summed E-state index contributed by atoms with van der Waals surface area (Å²) in [6, 6.07) is 13.1. The Morgan fingerprint density at radius 1 is 1.18 bits per heavy atom. The molecule has 0 aliphatic carbocycles. The van der Waals surface area contributed by atoms with Crippen molar-refractivity contribution in [3.05, 3.63) is 47.5 Å². The van der Waals surface area contributed by atoms with Crippen LogP contribution in [0.2, 0.25) is 0 Å². The minimum absolute atomic E-state index is 1.02. The molecule has 3 rings (SSSR count). The Hall–Kier alpha value is -1.41. The molecule has 0 radical (unpaired) electrons. The number of thioether (sulfide) groups is 1. The first-order valence-corrected chi connectivity index (χ1v) is 6.80. The highest BCUT2D eigenvalue weighted by atomic mass is 32.2. The molecule has 1 nitrogen and oxygen atoms in total. The van der Waals surface area contributed by atoms with E-state index < -0.39 is 0 Å². The molecule has 17 heavy (non-hydrogen) atoms. The Morgan fingerprint density at radius 3 is 2.76 bits per heavy atom. The predicted octanol–water partition coefficient (Wildman–Crippen LogP) is 4.63. The lowest BCUT2D eigenvalue weighted by Gasteiger charge is -2.19. The third-order valence-electron chi connectivity index (χ3n) is 3.18. The summed E-state index contributed by atoms with van der Waals surface area (Å²) < 4.78 is 0. The zero-order valence-corrected chi connectivity index (χ0v) is 10.9. The van der Waals surface area contributed by atoms with Gasteiger partial charge in [-0.2, -0.15) is 0 Å². The second-order valence-corrected chi connectivity index (χ2v) is 5.17. The lowest BCUT2D eigenvalue weighted by molar-refractivity contribution is 1.01. The van der Waals surface area contributed by atoms with Gasteiger partial charge in [0.2, 0.25) is 0 Å². The van der Waals surface area contributed by atoms with E-state index in [0.717, 1.165) is 6.54 Å². The summed E-state index contributed by atoms with van der Waals surface area (Å²) in [5, 5.41) is 4.03. The van der Waals surface area contributed by atoms with E-state index in [0.29, 0.717) is 0 Å². The molecule has 0 bridgehead atoms. The Bertz CT molecular complexity index is 601. The molecule has 0 saturated heterocycles. The fourth-order valence-corrected chi connectivity index (χ4v) is 3.53. The average Bonchev–Trinajstić information content (AvgIpc) is 2.76. The Morgan fingerprint density at radius 2 is 2.00 bits per heavy atom. The average molecular weight is 241 g/mol. The Balaban J connectivity index is 2.31. The van der Waals surface area contributed by atoms with Crippen LogP contribution in [-0.4, -0.2) is 6.54 Å². The topological polar surface area (TPSA) is 3.24 Å². The highest BCUT2D eigenvalue weighted by molar-refractivity contribution is 8.03. The number of anilines is 1. The number of rotatable bonds is 1. The van der Waals surface area contributed by atoms with Crippen LogP contribution in [0.5, 0.6) is 0 Å². The zero-order chi connectivity index (χ0) is 11.8. The molecule has 86 valence electrons. The molecule has 2 aromatic rings.